The van der Waals surface area contributed by atoms with Crippen LogP contribution in [0.2, 0.25) is 0 Å². The van der Waals surface area contributed by atoms with Gasteiger partial charge in [-0.3, -0.25) is 14.1 Å². The van der Waals surface area contributed by atoms with E-state index >= 15 is 0 Å². The highest BCUT2D eigenvalue weighted by Crippen LogP contribution is 2.71. The lowest BCUT2D eigenvalue weighted by Crippen LogP contribution is -2.26. The monoisotopic (exact) mass is 380 g/mol. The SMILES string of the molecule is Cc1noc(C)c1-c1cncc(CC(F)(P(=O)(O)O)P(=O)(O)O)c1. The van der Waals surface area contributed by atoms with Crippen LogP contribution in [0.4, 0.5) is 4.39 Å². The van der Waals surface area contributed by atoms with E-state index in [4.69, 9.17) is 24.1 Å². The Bertz CT molecular complexity index is 815. The van der Waals surface area contributed by atoms with Crippen LogP contribution >= 0.6 is 15.2 Å². The molecule has 2 aromatic heterocycles. The number of nitrogens with zero attached hydrogens (tertiary/aromatic N) is 2. The van der Waals surface area contributed by atoms with Gasteiger partial charge in [0.1, 0.15) is 5.76 Å². The van der Waals surface area contributed by atoms with Gasteiger partial charge in [-0.2, -0.15) is 0 Å². The number of aryl methyl sites for hydroxylation is 2. The van der Waals surface area contributed by atoms with Crippen molar-refractivity contribution in [3.05, 3.63) is 35.5 Å². The van der Waals surface area contributed by atoms with E-state index in [9.17, 15) is 13.5 Å². The zero-order chi connectivity index (χ0) is 18.3. The number of hydrogen-bond acceptors (Lipinski definition) is 5. The minimum atomic E-state index is -5.76. The fourth-order valence-electron chi connectivity index (χ4n) is 2.25. The van der Waals surface area contributed by atoms with Crippen molar-refractivity contribution in [2.45, 2.75) is 25.4 Å². The number of hydrogen-bond donors (Lipinski definition) is 4. The van der Waals surface area contributed by atoms with Crippen molar-refractivity contribution in [2.24, 2.45) is 0 Å². The Morgan fingerprint density at radius 1 is 1.17 bits per heavy atom. The third kappa shape index (κ3) is 3.35. The van der Waals surface area contributed by atoms with Crippen LogP contribution in [0, 0.1) is 13.8 Å². The maximum Gasteiger partial charge on any atom is 0.375 e. The van der Waals surface area contributed by atoms with Gasteiger partial charge < -0.3 is 24.1 Å². The Kier molecular flexibility index (Phi) is 4.85. The molecule has 0 aliphatic carbocycles. The molecule has 0 aromatic carbocycles. The molecule has 132 valence electrons. The fraction of sp³-hybridized carbons (Fsp3) is 0.333. The number of pyridine rings is 1. The van der Waals surface area contributed by atoms with Gasteiger partial charge in [-0.05, 0) is 25.5 Å². The highest BCUT2D eigenvalue weighted by molar-refractivity contribution is 7.72. The molecular weight excluding hydrogens is 365 g/mol. The molecule has 0 amide bonds. The Morgan fingerprint density at radius 3 is 2.21 bits per heavy atom. The first-order valence-electron chi connectivity index (χ1n) is 6.54. The van der Waals surface area contributed by atoms with Crippen LogP contribution in [0.25, 0.3) is 11.1 Å². The molecule has 0 bridgehead atoms. The second-order valence-corrected chi connectivity index (χ2v) is 9.21. The van der Waals surface area contributed by atoms with Gasteiger partial charge in [0.2, 0.25) is 0 Å². The van der Waals surface area contributed by atoms with Gasteiger partial charge in [0.25, 0.3) is 0 Å². The molecule has 24 heavy (non-hydrogen) atoms. The van der Waals surface area contributed by atoms with Gasteiger partial charge in [0.15, 0.2) is 0 Å². The van der Waals surface area contributed by atoms with E-state index < -0.39 is 26.8 Å². The minimum Gasteiger partial charge on any atom is -0.361 e. The van der Waals surface area contributed by atoms with Crippen LogP contribution in [0.1, 0.15) is 17.0 Å². The predicted molar refractivity (Wildman–Crippen MR) is 80.8 cm³/mol. The van der Waals surface area contributed by atoms with E-state index in [-0.39, 0.29) is 5.56 Å². The average molecular weight is 380 g/mol. The lowest BCUT2D eigenvalue weighted by atomic mass is 10.0. The zero-order valence-corrected chi connectivity index (χ0v) is 14.4. The summed E-state index contributed by atoms with van der Waals surface area (Å²) in [6.07, 6.45) is 1.26. The van der Waals surface area contributed by atoms with E-state index in [2.05, 4.69) is 10.1 Å². The van der Waals surface area contributed by atoms with Crippen molar-refractivity contribution in [3.63, 3.8) is 0 Å². The summed E-state index contributed by atoms with van der Waals surface area (Å²) in [6, 6.07) is 1.32. The Labute approximate surface area is 135 Å². The van der Waals surface area contributed by atoms with Crippen molar-refractivity contribution in [2.75, 3.05) is 0 Å². The fourth-order valence-corrected chi connectivity index (χ4v) is 4.39. The molecule has 0 unspecified atom stereocenters. The maximum absolute atomic E-state index is 14.5. The molecule has 12 heteroatoms. The lowest BCUT2D eigenvalue weighted by molar-refractivity contribution is 0.222. The number of rotatable bonds is 5. The standard InChI is InChI=1S/C12H15FN2O7P2/c1-7-11(8(2)22-15-7)10-3-9(5-14-6-10)4-12(13,23(16,17)18)24(19,20)21/h3,5-6H,4H2,1-2H3,(H2,16,17,18)(H2,19,20,21). The van der Waals surface area contributed by atoms with Crippen LogP contribution in [0.5, 0.6) is 0 Å². The summed E-state index contributed by atoms with van der Waals surface area (Å²) in [5, 5.41) is -0.279. The van der Waals surface area contributed by atoms with Crippen molar-refractivity contribution in [1.29, 1.82) is 0 Å². The van der Waals surface area contributed by atoms with E-state index in [1.807, 2.05) is 0 Å². The molecule has 2 heterocycles. The van der Waals surface area contributed by atoms with Crippen molar-refractivity contribution in [1.82, 2.24) is 10.1 Å². The van der Waals surface area contributed by atoms with E-state index in [0.717, 1.165) is 6.20 Å². The first-order chi connectivity index (χ1) is 10.9. The highest BCUT2D eigenvalue weighted by atomic mass is 31.2. The number of alkyl halides is 1. The molecule has 0 radical (unpaired) electrons. The lowest BCUT2D eigenvalue weighted by Gasteiger charge is -2.26. The van der Waals surface area contributed by atoms with Gasteiger partial charge in [-0.15, -0.1) is 0 Å². The Hall–Kier alpha value is -1.41. The summed E-state index contributed by atoms with van der Waals surface area (Å²) in [7, 11) is -11.5. The summed E-state index contributed by atoms with van der Waals surface area (Å²) in [4.78, 5) is 40.1. The predicted octanol–water partition coefficient (Wildman–Crippen LogP) is 1.87. The van der Waals surface area contributed by atoms with E-state index in [1.54, 1.807) is 13.8 Å². The van der Waals surface area contributed by atoms with Crippen LogP contribution < -0.4 is 0 Å². The summed E-state index contributed by atoms with van der Waals surface area (Å²) >= 11 is 0. The molecule has 0 fully saturated rings. The molecule has 0 atom stereocenters. The maximum atomic E-state index is 14.5. The second kappa shape index (κ2) is 6.15. The molecule has 0 saturated heterocycles. The molecule has 2 rings (SSSR count). The van der Waals surface area contributed by atoms with Crippen LogP contribution in [-0.2, 0) is 15.6 Å². The number of aromatic nitrogens is 2. The molecule has 0 saturated carbocycles. The minimum absolute atomic E-state index is 0.0957. The summed E-state index contributed by atoms with van der Waals surface area (Å²) < 4.78 is 42.2. The van der Waals surface area contributed by atoms with Gasteiger partial charge in [-0.25, -0.2) is 4.39 Å². The zero-order valence-electron chi connectivity index (χ0n) is 12.6. The molecule has 2 aromatic rings. The van der Waals surface area contributed by atoms with Crippen LogP contribution in [0.15, 0.2) is 23.0 Å². The quantitative estimate of drug-likeness (QED) is 0.569. The van der Waals surface area contributed by atoms with Crippen molar-refractivity contribution >= 4 is 15.2 Å². The Morgan fingerprint density at radius 2 is 1.75 bits per heavy atom. The van der Waals surface area contributed by atoms with Gasteiger partial charge >= 0.3 is 20.3 Å². The smallest absolute Gasteiger partial charge is 0.361 e. The summed E-state index contributed by atoms with van der Waals surface area (Å²) in [5.41, 5.74) is 1.40. The topological polar surface area (TPSA) is 154 Å². The van der Waals surface area contributed by atoms with Crippen LogP contribution in [-0.4, -0.2) is 34.9 Å². The van der Waals surface area contributed by atoms with Gasteiger partial charge in [-0.1, -0.05) is 5.16 Å². The van der Waals surface area contributed by atoms with Crippen molar-refractivity contribution < 1.29 is 37.6 Å². The molecule has 9 nitrogen and oxygen atoms in total. The molecular formula is C12H15FN2O7P2. The molecule has 4 N–H and O–H groups in total. The molecule has 0 aliphatic heterocycles. The average Bonchev–Trinajstić information content (AvgIpc) is 2.76. The highest BCUT2D eigenvalue weighted by Gasteiger charge is 2.61. The summed E-state index contributed by atoms with van der Waals surface area (Å²) in [5.74, 6) is 0.447. The van der Waals surface area contributed by atoms with Gasteiger partial charge in [0.05, 0.1) is 5.69 Å². The van der Waals surface area contributed by atoms with E-state index in [0.29, 0.717) is 22.6 Å². The first kappa shape index (κ1) is 18.9. The third-order valence-corrected chi connectivity index (χ3v) is 7.10. The molecule has 0 aliphatic rings. The third-order valence-electron chi connectivity index (χ3n) is 3.44. The number of halogens is 1. The van der Waals surface area contributed by atoms with Crippen LogP contribution in [0.3, 0.4) is 0 Å². The van der Waals surface area contributed by atoms with E-state index in [1.165, 1.54) is 12.3 Å². The Balaban J connectivity index is 2.50. The van der Waals surface area contributed by atoms with Crippen molar-refractivity contribution in [3.8, 4) is 11.1 Å². The molecule has 0 spiro atoms. The normalized spacial score (nSPS) is 13.3. The second-order valence-electron chi connectivity index (χ2n) is 5.26. The largest absolute Gasteiger partial charge is 0.375 e. The first-order valence-corrected chi connectivity index (χ1v) is 9.76. The van der Waals surface area contributed by atoms with Gasteiger partial charge in [0, 0.05) is 29.9 Å². The summed E-state index contributed by atoms with van der Waals surface area (Å²) in [6.45, 7) is 3.29.